The molecule has 1 aliphatic carbocycles. The molecule has 1 aromatic carbocycles. The van der Waals surface area contributed by atoms with Gasteiger partial charge in [-0.05, 0) is 55.9 Å². The maximum atomic E-state index is 12.7. The highest BCUT2D eigenvalue weighted by molar-refractivity contribution is 6.05. The first kappa shape index (κ1) is 15.5. The average molecular weight is 324 g/mol. The number of carbonyl (C=O) groups is 1. The number of carbonyl (C=O) groups excluding carboxylic acids is 1. The molecule has 2 aromatic rings. The lowest BCUT2D eigenvalue weighted by Crippen LogP contribution is -2.13. The minimum atomic E-state index is -0.0187. The zero-order valence-corrected chi connectivity index (χ0v) is 14.3. The van der Waals surface area contributed by atoms with E-state index in [-0.39, 0.29) is 5.91 Å². The zero-order valence-electron chi connectivity index (χ0n) is 14.3. The lowest BCUT2D eigenvalue weighted by molar-refractivity contribution is 0.102. The highest BCUT2D eigenvalue weighted by Crippen LogP contribution is 2.41. The monoisotopic (exact) mass is 324 g/mol. The molecule has 126 valence electrons. The van der Waals surface area contributed by atoms with E-state index in [1.165, 1.54) is 24.1 Å². The molecule has 4 nitrogen and oxygen atoms in total. The number of anilines is 1. The van der Waals surface area contributed by atoms with E-state index in [4.69, 9.17) is 4.74 Å². The first-order chi connectivity index (χ1) is 11.6. The quantitative estimate of drug-likeness (QED) is 0.925. The number of rotatable bonds is 4. The van der Waals surface area contributed by atoms with Gasteiger partial charge in [0.25, 0.3) is 5.91 Å². The van der Waals surface area contributed by atoms with Gasteiger partial charge in [-0.3, -0.25) is 4.79 Å². The summed E-state index contributed by atoms with van der Waals surface area (Å²) in [7, 11) is 2.06. The third-order valence-corrected chi connectivity index (χ3v) is 5.36. The number of ether oxygens (including phenoxy) is 1. The molecule has 1 amide bonds. The fraction of sp³-hybridized carbons (Fsp3) is 0.450. The topological polar surface area (TPSA) is 43.3 Å². The van der Waals surface area contributed by atoms with Crippen molar-refractivity contribution in [1.82, 2.24) is 4.57 Å². The second kappa shape index (κ2) is 6.10. The lowest BCUT2D eigenvalue weighted by atomic mass is 9.98. The number of aromatic nitrogens is 1. The number of benzene rings is 1. The predicted molar refractivity (Wildman–Crippen MR) is 94.7 cm³/mol. The Hall–Kier alpha value is -2.07. The van der Waals surface area contributed by atoms with Gasteiger partial charge in [0.1, 0.15) is 0 Å². The molecule has 0 unspecified atom stereocenters. The van der Waals surface area contributed by atoms with Gasteiger partial charge >= 0.3 is 0 Å². The van der Waals surface area contributed by atoms with Gasteiger partial charge < -0.3 is 14.6 Å². The molecule has 24 heavy (non-hydrogen) atoms. The van der Waals surface area contributed by atoms with Crippen LogP contribution in [0.2, 0.25) is 0 Å². The minimum absolute atomic E-state index is 0.0187. The molecule has 1 atom stereocenters. The van der Waals surface area contributed by atoms with Crippen LogP contribution in [-0.2, 0) is 11.8 Å². The van der Waals surface area contributed by atoms with Crippen LogP contribution >= 0.6 is 0 Å². The highest BCUT2D eigenvalue weighted by Gasteiger charge is 2.29. The number of hydrogen-bond donors (Lipinski definition) is 1. The fourth-order valence-electron chi connectivity index (χ4n) is 3.59. The number of nitrogens with zero attached hydrogens (tertiary/aromatic N) is 1. The van der Waals surface area contributed by atoms with Crippen LogP contribution in [0.5, 0.6) is 0 Å². The molecule has 4 heteroatoms. The Morgan fingerprint density at radius 1 is 1.21 bits per heavy atom. The molecule has 1 saturated heterocycles. The summed E-state index contributed by atoms with van der Waals surface area (Å²) in [5.74, 6) is 1.07. The van der Waals surface area contributed by atoms with E-state index in [0.29, 0.717) is 11.8 Å². The lowest BCUT2D eigenvalue weighted by Gasteiger charge is -2.11. The molecule has 1 aliphatic heterocycles. The van der Waals surface area contributed by atoms with Gasteiger partial charge in [0, 0.05) is 36.6 Å². The molecule has 4 rings (SSSR count). The molecule has 0 radical (unpaired) electrons. The van der Waals surface area contributed by atoms with E-state index < -0.39 is 0 Å². The third-order valence-electron chi connectivity index (χ3n) is 5.36. The Labute approximate surface area is 142 Å². The van der Waals surface area contributed by atoms with E-state index in [1.54, 1.807) is 0 Å². The Morgan fingerprint density at radius 2 is 2.04 bits per heavy atom. The smallest absolute Gasteiger partial charge is 0.257 e. The minimum Gasteiger partial charge on any atom is -0.381 e. The van der Waals surface area contributed by atoms with Crippen LogP contribution in [0.25, 0.3) is 0 Å². The van der Waals surface area contributed by atoms with E-state index in [1.807, 2.05) is 19.1 Å². The summed E-state index contributed by atoms with van der Waals surface area (Å²) >= 11 is 0. The van der Waals surface area contributed by atoms with Crippen molar-refractivity contribution in [3.8, 4) is 0 Å². The van der Waals surface area contributed by atoms with Crippen LogP contribution in [0.1, 0.15) is 58.4 Å². The van der Waals surface area contributed by atoms with Crippen LogP contribution in [0, 0.1) is 6.92 Å². The fourth-order valence-corrected chi connectivity index (χ4v) is 3.59. The molecular weight excluding hydrogens is 300 g/mol. The molecule has 0 spiro atoms. The largest absolute Gasteiger partial charge is 0.381 e. The standard InChI is InChI=1S/C20H24N2O2/c1-13-18(11-19(22(13)2)14-6-7-14)20(23)21-17-5-3-4-15(10-17)16-8-9-24-12-16/h3-5,10-11,14,16H,6-9,12H2,1-2H3,(H,21,23)/t16-/m0/s1. The normalized spacial score (nSPS) is 20.3. The van der Waals surface area contributed by atoms with Gasteiger partial charge in [0.2, 0.25) is 0 Å². The molecule has 2 aliphatic rings. The van der Waals surface area contributed by atoms with Gasteiger partial charge in [-0.15, -0.1) is 0 Å². The zero-order chi connectivity index (χ0) is 16.7. The molecule has 1 aromatic heterocycles. The Morgan fingerprint density at radius 3 is 2.75 bits per heavy atom. The van der Waals surface area contributed by atoms with Gasteiger partial charge in [-0.1, -0.05) is 12.1 Å². The third kappa shape index (κ3) is 2.86. The average Bonchev–Trinajstić information content (AvgIpc) is 3.17. The Kier molecular flexibility index (Phi) is 3.93. The summed E-state index contributed by atoms with van der Waals surface area (Å²) in [5.41, 5.74) is 5.22. The first-order valence-electron chi connectivity index (χ1n) is 8.78. The van der Waals surface area contributed by atoms with Crippen LogP contribution < -0.4 is 5.32 Å². The van der Waals surface area contributed by atoms with E-state index in [0.717, 1.165) is 36.6 Å². The summed E-state index contributed by atoms with van der Waals surface area (Å²) < 4.78 is 7.64. The molecule has 2 fully saturated rings. The second-order valence-corrected chi connectivity index (χ2v) is 7.04. The van der Waals surface area contributed by atoms with Crippen molar-refractivity contribution in [2.45, 2.75) is 38.0 Å². The summed E-state index contributed by atoms with van der Waals surface area (Å²) in [6.07, 6.45) is 3.54. The SMILES string of the molecule is Cc1c(C(=O)Nc2cccc([C@H]3CCOC3)c2)cc(C2CC2)n1C. The summed E-state index contributed by atoms with van der Waals surface area (Å²) in [6.45, 7) is 3.63. The van der Waals surface area contributed by atoms with Crippen molar-refractivity contribution in [2.24, 2.45) is 7.05 Å². The Bertz CT molecular complexity index is 768. The van der Waals surface area contributed by atoms with Gasteiger partial charge in [-0.25, -0.2) is 0 Å². The van der Waals surface area contributed by atoms with E-state index in [2.05, 4.69) is 35.1 Å². The van der Waals surface area contributed by atoms with Crippen molar-refractivity contribution >= 4 is 11.6 Å². The summed E-state index contributed by atoms with van der Waals surface area (Å²) in [5, 5.41) is 3.07. The van der Waals surface area contributed by atoms with Crippen molar-refractivity contribution in [3.05, 3.63) is 52.8 Å². The van der Waals surface area contributed by atoms with Crippen molar-refractivity contribution in [3.63, 3.8) is 0 Å². The van der Waals surface area contributed by atoms with Crippen LogP contribution in [0.4, 0.5) is 5.69 Å². The second-order valence-electron chi connectivity index (χ2n) is 7.04. The maximum Gasteiger partial charge on any atom is 0.257 e. The predicted octanol–water partition coefficient (Wildman–Crippen LogP) is 3.97. The highest BCUT2D eigenvalue weighted by atomic mass is 16.5. The van der Waals surface area contributed by atoms with Gasteiger partial charge in [-0.2, -0.15) is 0 Å². The van der Waals surface area contributed by atoms with Gasteiger partial charge in [0.15, 0.2) is 0 Å². The molecule has 1 saturated carbocycles. The number of nitrogens with one attached hydrogen (secondary N) is 1. The summed E-state index contributed by atoms with van der Waals surface area (Å²) in [6, 6.07) is 10.2. The van der Waals surface area contributed by atoms with E-state index in [9.17, 15) is 4.79 Å². The van der Waals surface area contributed by atoms with Crippen LogP contribution in [0.3, 0.4) is 0 Å². The Balaban J connectivity index is 1.54. The van der Waals surface area contributed by atoms with Crippen molar-refractivity contribution in [2.75, 3.05) is 18.5 Å². The maximum absolute atomic E-state index is 12.7. The first-order valence-corrected chi connectivity index (χ1v) is 8.78. The van der Waals surface area contributed by atoms with E-state index >= 15 is 0 Å². The molecule has 0 bridgehead atoms. The molecular formula is C20H24N2O2. The number of hydrogen-bond acceptors (Lipinski definition) is 2. The number of amides is 1. The summed E-state index contributed by atoms with van der Waals surface area (Å²) in [4.78, 5) is 12.7. The van der Waals surface area contributed by atoms with Crippen molar-refractivity contribution < 1.29 is 9.53 Å². The van der Waals surface area contributed by atoms with Crippen LogP contribution in [-0.4, -0.2) is 23.7 Å². The molecule has 2 heterocycles. The van der Waals surface area contributed by atoms with Gasteiger partial charge in [0.05, 0.1) is 12.2 Å². The van der Waals surface area contributed by atoms with Crippen LogP contribution in [0.15, 0.2) is 30.3 Å². The van der Waals surface area contributed by atoms with Crippen molar-refractivity contribution in [1.29, 1.82) is 0 Å². The molecule has 1 N–H and O–H groups in total.